The molecule has 2 aliphatic rings. The number of nitrogens with zero attached hydrogens (tertiary/aromatic N) is 2. The third-order valence-electron chi connectivity index (χ3n) is 4.03. The fourth-order valence-electron chi connectivity index (χ4n) is 2.98. The number of hydrogen-bond acceptors (Lipinski definition) is 3. The minimum atomic E-state index is 0.662. The molecular formula is C14H21N3. The van der Waals surface area contributed by atoms with Crippen molar-refractivity contribution in [1.82, 2.24) is 15.3 Å². The van der Waals surface area contributed by atoms with Crippen molar-refractivity contribution >= 4 is 0 Å². The molecule has 17 heavy (non-hydrogen) atoms. The lowest BCUT2D eigenvalue weighted by molar-refractivity contribution is 0.455. The molecule has 1 aliphatic heterocycles. The Bertz CT molecular complexity index is 394. The third kappa shape index (κ3) is 2.21. The molecule has 0 spiro atoms. The SMILES string of the molecule is Cc1nc(C2CC2)nc(C)c1C1CCNCC1. The fourth-order valence-corrected chi connectivity index (χ4v) is 2.98. The van der Waals surface area contributed by atoms with Gasteiger partial charge in [-0.3, -0.25) is 0 Å². The van der Waals surface area contributed by atoms with E-state index in [4.69, 9.17) is 9.97 Å². The highest BCUT2D eigenvalue weighted by Crippen LogP contribution is 2.39. The smallest absolute Gasteiger partial charge is 0.131 e. The Hall–Kier alpha value is -0.960. The molecule has 1 aliphatic carbocycles. The summed E-state index contributed by atoms with van der Waals surface area (Å²) in [4.78, 5) is 9.48. The van der Waals surface area contributed by atoms with Crippen LogP contribution in [0.15, 0.2) is 0 Å². The minimum Gasteiger partial charge on any atom is -0.317 e. The van der Waals surface area contributed by atoms with Crippen LogP contribution >= 0.6 is 0 Å². The lowest BCUT2D eigenvalue weighted by Gasteiger charge is -2.25. The van der Waals surface area contributed by atoms with Gasteiger partial charge in [-0.2, -0.15) is 0 Å². The van der Waals surface area contributed by atoms with Crippen molar-refractivity contribution < 1.29 is 0 Å². The van der Waals surface area contributed by atoms with Gasteiger partial charge in [-0.25, -0.2) is 9.97 Å². The van der Waals surface area contributed by atoms with Crippen LogP contribution in [0.4, 0.5) is 0 Å². The van der Waals surface area contributed by atoms with Crippen LogP contribution in [0, 0.1) is 13.8 Å². The van der Waals surface area contributed by atoms with Crippen molar-refractivity contribution in [3.05, 3.63) is 22.8 Å². The maximum Gasteiger partial charge on any atom is 0.131 e. The summed E-state index contributed by atoms with van der Waals surface area (Å²) in [5.41, 5.74) is 3.88. The number of hydrogen-bond donors (Lipinski definition) is 1. The maximum absolute atomic E-state index is 4.74. The van der Waals surface area contributed by atoms with E-state index < -0.39 is 0 Å². The molecule has 0 aromatic carbocycles. The van der Waals surface area contributed by atoms with Crippen molar-refractivity contribution in [2.75, 3.05) is 13.1 Å². The largest absolute Gasteiger partial charge is 0.317 e. The van der Waals surface area contributed by atoms with Crippen molar-refractivity contribution in [2.45, 2.75) is 51.4 Å². The molecule has 1 N–H and O–H groups in total. The van der Waals surface area contributed by atoms with Gasteiger partial charge in [0.25, 0.3) is 0 Å². The first kappa shape index (κ1) is 11.1. The molecule has 1 saturated carbocycles. The van der Waals surface area contributed by atoms with Gasteiger partial charge in [-0.05, 0) is 64.1 Å². The van der Waals surface area contributed by atoms with E-state index in [2.05, 4.69) is 19.2 Å². The van der Waals surface area contributed by atoms with E-state index in [0.717, 1.165) is 18.9 Å². The van der Waals surface area contributed by atoms with Crippen molar-refractivity contribution in [1.29, 1.82) is 0 Å². The molecule has 0 bridgehead atoms. The molecule has 1 aromatic rings. The van der Waals surface area contributed by atoms with Gasteiger partial charge in [0, 0.05) is 17.3 Å². The lowest BCUT2D eigenvalue weighted by Crippen LogP contribution is -2.27. The molecule has 2 heterocycles. The summed E-state index contributed by atoms with van der Waals surface area (Å²) in [6.45, 7) is 6.59. The zero-order valence-electron chi connectivity index (χ0n) is 10.8. The Kier molecular flexibility index (Phi) is 2.87. The summed E-state index contributed by atoms with van der Waals surface area (Å²) >= 11 is 0. The van der Waals surface area contributed by atoms with Crippen LogP contribution in [0.2, 0.25) is 0 Å². The van der Waals surface area contributed by atoms with Crippen LogP contribution in [0.3, 0.4) is 0 Å². The molecule has 0 atom stereocenters. The minimum absolute atomic E-state index is 0.662. The molecule has 3 nitrogen and oxygen atoms in total. The lowest BCUT2D eigenvalue weighted by atomic mass is 9.88. The number of aromatic nitrogens is 2. The maximum atomic E-state index is 4.74. The van der Waals surface area contributed by atoms with Crippen LogP contribution in [0.5, 0.6) is 0 Å². The van der Waals surface area contributed by atoms with Crippen LogP contribution in [0.1, 0.15) is 60.3 Å². The standard InChI is InChI=1S/C14H21N3/c1-9-13(11-5-7-15-8-6-11)10(2)17-14(16-9)12-3-4-12/h11-12,15H,3-8H2,1-2H3. The van der Waals surface area contributed by atoms with E-state index in [0.29, 0.717) is 11.8 Å². The summed E-state index contributed by atoms with van der Waals surface area (Å²) in [6.07, 6.45) is 5.03. The molecule has 92 valence electrons. The molecule has 0 unspecified atom stereocenters. The first-order valence-corrected chi connectivity index (χ1v) is 6.81. The van der Waals surface area contributed by atoms with E-state index >= 15 is 0 Å². The van der Waals surface area contributed by atoms with Crippen molar-refractivity contribution in [2.24, 2.45) is 0 Å². The Morgan fingerprint density at radius 2 is 1.47 bits per heavy atom. The van der Waals surface area contributed by atoms with Crippen LogP contribution < -0.4 is 5.32 Å². The van der Waals surface area contributed by atoms with Gasteiger partial charge < -0.3 is 5.32 Å². The molecular weight excluding hydrogens is 210 g/mol. The highest BCUT2D eigenvalue weighted by atomic mass is 14.9. The van der Waals surface area contributed by atoms with Gasteiger partial charge in [0.1, 0.15) is 5.82 Å². The summed E-state index contributed by atoms with van der Waals surface area (Å²) in [6, 6.07) is 0. The van der Waals surface area contributed by atoms with E-state index in [1.165, 1.54) is 42.6 Å². The Balaban J connectivity index is 1.92. The van der Waals surface area contributed by atoms with E-state index in [9.17, 15) is 0 Å². The van der Waals surface area contributed by atoms with E-state index in [1.54, 1.807) is 0 Å². The number of rotatable bonds is 2. The molecule has 1 aromatic heterocycles. The number of piperidine rings is 1. The van der Waals surface area contributed by atoms with Crippen molar-refractivity contribution in [3.63, 3.8) is 0 Å². The zero-order valence-corrected chi connectivity index (χ0v) is 10.8. The quantitative estimate of drug-likeness (QED) is 0.849. The van der Waals surface area contributed by atoms with Gasteiger partial charge >= 0.3 is 0 Å². The molecule has 3 rings (SSSR count). The number of nitrogens with one attached hydrogen (secondary N) is 1. The second-order valence-electron chi connectivity index (χ2n) is 5.46. The fraction of sp³-hybridized carbons (Fsp3) is 0.714. The normalized spacial score (nSPS) is 21.8. The summed E-state index contributed by atoms with van der Waals surface area (Å²) in [5.74, 6) is 2.43. The monoisotopic (exact) mass is 231 g/mol. The predicted molar refractivity (Wildman–Crippen MR) is 68.3 cm³/mol. The highest BCUT2D eigenvalue weighted by molar-refractivity contribution is 5.30. The summed E-state index contributed by atoms with van der Waals surface area (Å²) < 4.78 is 0. The summed E-state index contributed by atoms with van der Waals surface area (Å²) in [5, 5.41) is 3.42. The highest BCUT2D eigenvalue weighted by Gasteiger charge is 2.28. The Labute approximate surface area is 103 Å². The van der Waals surface area contributed by atoms with Gasteiger partial charge in [-0.1, -0.05) is 0 Å². The van der Waals surface area contributed by atoms with Crippen LogP contribution in [0.25, 0.3) is 0 Å². The van der Waals surface area contributed by atoms with Crippen LogP contribution in [-0.4, -0.2) is 23.1 Å². The number of aryl methyl sites for hydroxylation is 2. The van der Waals surface area contributed by atoms with Gasteiger partial charge in [0.15, 0.2) is 0 Å². The average Bonchev–Trinajstić information content (AvgIpc) is 3.13. The van der Waals surface area contributed by atoms with Crippen molar-refractivity contribution in [3.8, 4) is 0 Å². The molecule has 1 saturated heterocycles. The first-order chi connectivity index (χ1) is 8.25. The first-order valence-electron chi connectivity index (χ1n) is 6.81. The van der Waals surface area contributed by atoms with Gasteiger partial charge in [-0.15, -0.1) is 0 Å². The Morgan fingerprint density at radius 3 is 2.00 bits per heavy atom. The third-order valence-corrected chi connectivity index (χ3v) is 4.03. The molecule has 3 heteroatoms. The van der Waals surface area contributed by atoms with Gasteiger partial charge in [0.2, 0.25) is 0 Å². The van der Waals surface area contributed by atoms with E-state index in [-0.39, 0.29) is 0 Å². The molecule has 2 fully saturated rings. The average molecular weight is 231 g/mol. The van der Waals surface area contributed by atoms with E-state index in [1.807, 2.05) is 0 Å². The second-order valence-corrected chi connectivity index (χ2v) is 5.46. The summed E-state index contributed by atoms with van der Waals surface area (Å²) in [7, 11) is 0. The topological polar surface area (TPSA) is 37.8 Å². The molecule has 0 radical (unpaired) electrons. The molecule has 0 amide bonds. The van der Waals surface area contributed by atoms with Crippen LogP contribution in [-0.2, 0) is 0 Å². The predicted octanol–water partition coefficient (Wildman–Crippen LogP) is 2.44. The Morgan fingerprint density at radius 1 is 0.882 bits per heavy atom. The van der Waals surface area contributed by atoms with Gasteiger partial charge in [0.05, 0.1) is 0 Å². The zero-order chi connectivity index (χ0) is 11.8. The second kappa shape index (κ2) is 4.37.